The van der Waals surface area contributed by atoms with E-state index in [1.807, 2.05) is 56.3 Å². The Morgan fingerprint density at radius 2 is 1.82 bits per heavy atom. The highest BCUT2D eigenvalue weighted by molar-refractivity contribution is 6.12. The number of benzene rings is 2. The monoisotopic (exact) mass is 374 g/mol. The topological polar surface area (TPSA) is 73.4 Å². The summed E-state index contributed by atoms with van der Waals surface area (Å²) in [5, 5.41) is 1.94. The summed E-state index contributed by atoms with van der Waals surface area (Å²) < 4.78 is 16.6. The number of ether oxygens (including phenoxy) is 3. The third kappa shape index (κ3) is 2.49. The quantitative estimate of drug-likeness (QED) is 0.516. The molecule has 0 atom stereocenters. The van der Waals surface area contributed by atoms with Gasteiger partial charge in [0.25, 0.3) is 0 Å². The highest BCUT2D eigenvalue weighted by atomic mass is 16.7. The van der Waals surface area contributed by atoms with Gasteiger partial charge in [-0.3, -0.25) is 0 Å². The lowest BCUT2D eigenvalue weighted by Gasteiger charge is -2.16. The van der Waals surface area contributed by atoms with Gasteiger partial charge in [0.2, 0.25) is 5.79 Å². The van der Waals surface area contributed by atoms with Crippen molar-refractivity contribution in [1.29, 1.82) is 0 Å². The van der Waals surface area contributed by atoms with Crippen molar-refractivity contribution < 1.29 is 19.0 Å². The molecule has 1 aliphatic heterocycles. The number of carbonyl (C=O) groups is 1. The molecule has 1 N–H and O–H groups in total. The molecule has 0 spiro atoms. The Morgan fingerprint density at radius 3 is 2.64 bits per heavy atom. The molecule has 0 aliphatic carbocycles. The minimum absolute atomic E-state index is 0.257. The van der Waals surface area contributed by atoms with E-state index in [0.717, 1.165) is 27.4 Å². The standard InChI is InChI=1S/C22H18N2O4/c1-22(2)27-17-9-8-12(10-18(17)28-22)19-20-14(11-16(24-19)21(25)26-3)13-6-4-5-7-15(13)23-20/h4-11,23H,1-3H3. The van der Waals surface area contributed by atoms with Crippen molar-refractivity contribution in [2.45, 2.75) is 19.6 Å². The number of rotatable bonds is 2. The number of nitrogens with one attached hydrogen (secondary N) is 1. The van der Waals surface area contributed by atoms with E-state index in [4.69, 9.17) is 14.2 Å². The largest absolute Gasteiger partial charge is 0.464 e. The summed E-state index contributed by atoms with van der Waals surface area (Å²) >= 11 is 0. The Labute approximate surface area is 161 Å². The number of para-hydroxylation sites is 1. The first kappa shape index (κ1) is 16.6. The molecule has 0 unspecified atom stereocenters. The number of aromatic nitrogens is 2. The number of hydrogen-bond donors (Lipinski definition) is 1. The Balaban J connectivity index is 1.78. The molecule has 0 radical (unpaired) electrons. The average molecular weight is 374 g/mol. The SMILES string of the molecule is COC(=O)c1cc2c([nH]c3ccccc32)c(-c2ccc3c(c2)OC(C)(C)O3)n1. The molecule has 0 fully saturated rings. The first-order chi connectivity index (χ1) is 13.4. The Kier molecular flexibility index (Phi) is 3.40. The summed E-state index contributed by atoms with van der Waals surface area (Å²) in [4.78, 5) is 20.3. The zero-order valence-electron chi connectivity index (χ0n) is 15.7. The second-order valence-electron chi connectivity index (χ2n) is 7.21. The molecule has 5 rings (SSSR count). The minimum Gasteiger partial charge on any atom is -0.464 e. The molecule has 4 aromatic rings. The number of methoxy groups -OCH3 is 1. The molecule has 28 heavy (non-hydrogen) atoms. The number of H-pyrrole nitrogens is 1. The van der Waals surface area contributed by atoms with E-state index in [1.165, 1.54) is 7.11 Å². The van der Waals surface area contributed by atoms with E-state index < -0.39 is 11.8 Å². The predicted octanol–water partition coefficient (Wildman–Crippen LogP) is 4.68. The van der Waals surface area contributed by atoms with Crippen LogP contribution in [-0.4, -0.2) is 28.8 Å². The maximum Gasteiger partial charge on any atom is 0.356 e. The van der Waals surface area contributed by atoms with Crippen molar-refractivity contribution in [3.05, 3.63) is 54.2 Å². The highest BCUT2D eigenvalue weighted by Gasteiger charge is 2.32. The first-order valence-corrected chi connectivity index (χ1v) is 8.97. The van der Waals surface area contributed by atoms with Crippen LogP contribution in [0.25, 0.3) is 33.1 Å². The number of fused-ring (bicyclic) bond motifs is 4. The summed E-state index contributed by atoms with van der Waals surface area (Å²) in [6, 6.07) is 15.4. The van der Waals surface area contributed by atoms with Crippen LogP contribution in [0, 0.1) is 0 Å². The molecule has 0 bridgehead atoms. The maximum atomic E-state index is 12.2. The molecular weight excluding hydrogens is 356 g/mol. The van der Waals surface area contributed by atoms with Crippen molar-refractivity contribution in [3.63, 3.8) is 0 Å². The van der Waals surface area contributed by atoms with Crippen molar-refractivity contribution >= 4 is 27.8 Å². The van der Waals surface area contributed by atoms with Gasteiger partial charge in [0.1, 0.15) is 5.69 Å². The second-order valence-corrected chi connectivity index (χ2v) is 7.21. The number of nitrogens with zero attached hydrogens (tertiary/aromatic N) is 1. The number of esters is 1. The summed E-state index contributed by atoms with van der Waals surface area (Å²) in [5.41, 5.74) is 3.57. The normalized spacial score (nSPS) is 14.5. The van der Waals surface area contributed by atoms with Gasteiger partial charge >= 0.3 is 5.97 Å². The van der Waals surface area contributed by atoms with E-state index in [1.54, 1.807) is 6.07 Å². The van der Waals surface area contributed by atoms with Crippen LogP contribution in [0.3, 0.4) is 0 Å². The minimum atomic E-state index is -0.710. The molecule has 0 saturated carbocycles. The molecule has 0 amide bonds. The third-order valence-corrected chi connectivity index (χ3v) is 4.82. The fourth-order valence-corrected chi connectivity index (χ4v) is 3.63. The Morgan fingerprint density at radius 1 is 1.04 bits per heavy atom. The van der Waals surface area contributed by atoms with Crippen molar-refractivity contribution in [3.8, 4) is 22.8 Å². The van der Waals surface area contributed by atoms with Crippen LogP contribution < -0.4 is 9.47 Å². The van der Waals surface area contributed by atoms with Crippen LogP contribution in [0.15, 0.2) is 48.5 Å². The van der Waals surface area contributed by atoms with Crippen molar-refractivity contribution in [2.75, 3.05) is 7.11 Å². The smallest absolute Gasteiger partial charge is 0.356 e. The number of pyridine rings is 1. The summed E-state index contributed by atoms with van der Waals surface area (Å²) in [6.45, 7) is 3.72. The van der Waals surface area contributed by atoms with E-state index >= 15 is 0 Å². The molecule has 0 saturated heterocycles. The summed E-state index contributed by atoms with van der Waals surface area (Å²) in [5.74, 6) is 0.150. The van der Waals surface area contributed by atoms with Crippen LogP contribution >= 0.6 is 0 Å². The lowest BCUT2D eigenvalue weighted by molar-refractivity contribution is -0.0431. The van der Waals surface area contributed by atoms with Crippen molar-refractivity contribution in [1.82, 2.24) is 9.97 Å². The zero-order chi connectivity index (χ0) is 19.5. The Bertz CT molecular complexity index is 1260. The van der Waals surface area contributed by atoms with E-state index in [9.17, 15) is 4.79 Å². The van der Waals surface area contributed by atoms with Gasteiger partial charge in [0.15, 0.2) is 11.5 Å². The van der Waals surface area contributed by atoms with Gasteiger partial charge in [-0.05, 0) is 30.3 Å². The lowest BCUT2D eigenvalue weighted by atomic mass is 10.1. The van der Waals surface area contributed by atoms with Crippen molar-refractivity contribution in [2.24, 2.45) is 0 Å². The van der Waals surface area contributed by atoms with Gasteiger partial charge < -0.3 is 19.2 Å². The van der Waals surface area contributed by atoms with Gasteiger partial charge in [-0.1, -0.05) is 18.2 Å². The lowest BCUT2D eigenvalue weighted by Crippen LogP contribution is -2.29. The van der Waals surface area contributed by atoms with Crippen LogP contribution in [0.4, 0.5) is 0 Å². The Hall–Kier alpha value is -3.54. The molecule has 2 aromatic heterocycles. The number of carbonyl (C=O) groups excluding carboxylic acids is 1. The van der Waals surface area contributed by atoms with Gasteiger partial charge in [-0.15, -0.1) is 0 Å². The predicted molar refractivity (Wildman–Crippen MR) is 106 cm³/mol. The van der Waals surface area contributed by atoms with Gasteiger partial charge in [-0.25, -0.2) is 9.78 Å². The van der Waals surface area contributed by atoms with E-state index in [-0.39, 0.29) is 5.69 Å². The van der Waals surface area contributed by atoms with Crippen LogP contribution in [0.5, 0.6) is 11.5 Å². The summed E-state index contributed by atoms with van der Waals surface area (Å²) in [7, 11) is 1.35. The average Bonchev–Trinajstić information content (AvgIpc) is 3.21. The maximum absolute atomic E-state index is 12.2. The summed E-state index contributed by atoms with van der Waals surface area (Å²) in [6.07, 6.45) is 0. The fourth-order valence-electron chi connectivity index (χ4n) is 3.63. The molecule has 6 heteroatoms. The van der Waals surface area contributed by atoms with E-state index in [2.05, 4.69) is 9.97 Å². The molecule has 140 valence electrons. The van der Waals surface area contributed by atoms with Crippen LogP contribution in [-0.2, 0) is 4.74 Å². The van der Waals surface area contributed by atoms with Crippen LogP contribution in [0.2, 0.25) is 0 Å². The van der Waals surface area contributed by atoms with Crippen LogP contribution in [0.1, 0.15) is 24.3 Å². The third-order valence-electron chi connectivity index (χ3n) is 4.82. The molecule has 2 aromatic carbocycles. The van der Waals surface area contributed by atoms with Gasteiger partial charge in [0, 0.05) is 35.7 Å². The second kappa shape index (κ2) is 5.73. The molecule has 6 nitrogen and oxygen atoms in total. The van der Waals surface area contributed by atoms with E-state index in [0.29, 0.717) is 17.2 Å². The molecule has 3 heterocycles. The molecular formula is C22H18N2O4. The number of hydrogen-bond acceptors (Lipinski definition) is 5. The zero-order valence-corrected chi connectivity index (χ0v) is 15.7. The fraction of sp³-hybridized carbons (Fsp3) is 0.182. The first-order valence-electron chi connectivity index (χ1n) is 8.97. The number of aromatic amines is 1. The van der Waals surface area contributed by atoms with Gasteiger partial charge in [0.05, 0.1) is 18.3 Å². The van der Waals surface area contributed by atoms with Gasteiger partial charge in [-0.2, -0.15) is 0 Å². The molecule has 1 aliphatic rings. The highest BCUT2D eigenvalue weighted by Crippen LogP contribution is 2.42.